The standard InChI is InChI=1S/C14H14S.C2H6/c1-11-6-8-13(9-7-11)15-14-5-3-4-12(2)10-14;1-2/h3-10H,1-2H3;1-2H3/p+1. The van der Waals surface area contributed by atoms with E-state index in [1.165, 1.54) is 32.7 Å². The largest absolute Gasteiger partial charge is 0.158 e. The summed E-state index contributed by atoms with van der Waals surface area (Å²) >= 11 is 1.29. The molecule has 17 heavy (non-hydrogen) atoms. The molecule has 0 nitrogen and oxygen atoms in total. The lowest BCUT2D eigenvalue weighted by atomic mass is 10.2. The molecule has 0 aromatic heterocycles. The Bertz CT molecular complexity index is 443. The van der Waals surface area contributed by atoms with E-state index in [1.807, 2.05) is 13.8 Å². The zero-order valence-electron chi connectivity index (χ0n) is 11.1. The molecule has 0 radical (unpaired) electrons. The smallest absolute Gasteiger partial charge is 0.0683 e. The maximum Gasteiger partial charge on any atom is 0.158 e. The summed E-state index contributed by atoms with van der Waals surface area (Å²) in [5, 5.41) is 0. The molecule has 0 aliphatic heterocycles. The number of aryl methyl sites for hydroxylation is 2. The van der Waals surface area contributed by atoms with Crippen LogP contribution in [0.5, 0.6) is 0 Å². The van der Waals surface area contributed by atoms with Gasteiger partial charge >= 0.3 is 0 Å². The Labute approximate surface area is 109 Å². The Hall–Kier alpha value is -1.21. The van der Waals surface area contributed by atoms with Crippen LogP contribution in [0.1, 0.15) is 25.0 Å². The summed E-state index contributed by atoms with van der Waals surface area (Å²) in [5.74, 6) is 0. The van der Waals surface area contributed by atoms with Crippen LogP contribution in [-0.4, -0.2) is 0 Å². The Kier molecular flexibility index (Phi) is 5.85. The lowest BCUT2D eigenvalue weighted by molar-refractivity contribution is 1.33. The van der Waals surface area contributed by atoms with Crippen LogP contribution in [0, 0.1) is 13.8 Å². The normalized spacial score (nSPS) is 9.41. The fourth-order valence-electron chi connectivity index (χ4n) is 1.47. The van der Waals surface area contributed by atoms with Gasteiger partial charge in [-0.1, -0.05) is 43.7 Å². The number of rotatable bonds is 2. The highest BCUT2D eigenvalue weighted by Gasteiger charge is 2.05. The highest BCUT2D eigenvalue weighted by molar-refractivity contribution is 7.78. The Morgan fingerprint density at radius 2 is 1.35 bits per heavy atom. The average molecular weight is 245 g/mol. The summed E-state index contributed by atoms with van der Waals surface area (Å²) in [6.07, 6.45) is 0. The van der Waals surface area contributed by atoms with Crippen LogP contribution in [0.15, 0.2) is 58.3 Å². The zero-order valence-corrected chi connectivity index (χ0v) is 12.0. The summed E-state index contributed by atoms with van der Waals surface area (Å²) in [5.41, 5.74) is 2.64. The van der Waals surface area contributed by atoms with Gasteiger partial charge in [0.15, 0.2) is 9.79 Å². The summed E-state index contributed by atoms with van der Waals surface area (Å²) in [6.45, 7) is 8.25. The molecule has 0 aliphatic rings. The molecular formula is C16H21S+. The van der Waals surface area contributed by atoms with E-state index in [9.17, 15) is 0 Å². The van der Waals surface area contributed by atoms with Crippen molar-refractivity contribution in [3.8, 4) is 0 Å². The maximum absolute atomic E-state index is 2.24. The van der Waals surface area contributed by atoms with Gasteiger partial charge < -0.3 is 0 Å². The monoisotopic (exact) mass is 245 g/mol. The lowest BCUT2D eigenvalue weighted by Gasteiger charge is -1.95. The number of hydrogen-bond donors (Lipinski definition) is 0. The third-order valence-electron chi connectivity index (χ3n) is 2.29. The molecule has 0 bridgehead atoms. The van der Waals surface area contributed by atoms with Crippen molar-refractivity contribution in [2.24, 2.45) is 0 Å². The first kappa shape index (κ1) is 13.9. The second-order valence-corrected chi connectivity index (χ2v) is 5.04. The Morgan fingerprint density at radius 1 is 0.706 bits per heavy atom. The third-order valence-corrected chi connectivity index (χ3v) is 3.39. The van der Waals surface area contributed by atoms with E-state index in [4.69, 9.17) is 0 Å². The Morgan fingerprint density at radius 3 is 1.94 bits per heavy atom. The van der Waals surface area contributed by atoms with Gasteiger partial charge in [0.05, 0.1) is 0 Å². The molecule has 0 aliphatic carbocycles. The molecule has 90 valence electrons. The zero-order chi connectivity index (χ0) is 12.7. The van der Waals surface area contributed by atoms with Gasteiger partial charge in [0.2, 0.25) is 0 Å². The van der Waals surface area contributed by atoms with Crippen LogP contribution in [0.25, 0.3) is 0 Å². The van der Waals surface area contributed by atoms with Gasteiger partial charge in [0.25, 0.3) is 0 Å². The topological polar surface area (TPSA) is 0 Å². The molecule has 0 heterocycles. The quantitative estimate of drug-likeness (QED) is 0.537. The fourth-order valence-corrected chi connectivity index (χ4v) is 2.49. The van der Waals surface area contributed by atoms with Gasteiger partial charge in [-0.15, -0.1) is 0 Å². The van der Waals surface area contributed by atoms with Crippen molar-refractivity contribution in [2.45, 2.75) is 37.5 Å². The highest BCUT2D eigenvalue weighted by atomic mass is 32.2. The van der Waals surface area contributed by atoms with Crippen molar-refractivity contribution < 1.29 is 0 Å². The minimum absolute atomic E-state index is 1.29. The van der Waals surface area contributed by atoms with Gasteiger partial charge in [0.1, 0.15) is 0 Å². The van der Waals surface area contributed by atoms with Crippen LogP contribution in [0.3, 0.4) is 0 Å². The van der Waals surface area contributed by atoms with Crippen LogP contribution in [0.2, 0.25) is 0 Å². The molecule has 0 amide bonds. The van der Waals surface area contributed by atoms with E-state index in [0.717, 1.165) is 0 Å². The average Bonchev–Trinajstić information content (AvgIpc) is 2.35. The van der Waals surface area contributed by atoms with Crippen LogP contribution in [-0.2, 0) is 11.8 Å². The van der Waals surface area contributed by atoms with Crippen molar-refractivity contribution in [2.75, 3.05) is 0 Å². The maximum atomic E-state index is 2.24. The van der Waals surface area contributed by atoms with Crippen molar-refractivity contribution in [1.82, 2.24) is 0 Å². The van der Waals surface area contributed by atoms with Crippen molar-refractivity contribution >= 4 is 11.8 Å². The molecule has 2 aromatic rings. The van der Waals surface area contributed by atoms with Gasteiger partial charge in [-0.05, 0) is 43.7 Å². The van der Waals surface area contributed by atoms with Gasteiger partial charge in [-0.3, -0.25) is 0 Å². The van der Waals surface area contributed by atoms with E-state index < -0.39 is 0 Å². The molecule has 0 N–H and O–H groups in total. The van der Waals surface area contributed by atoms with E-state index in [1.54, 1.807) is 0 Å². The van der Waals surface area contributed by atoms with Crippen LogP contribution >= 0.6 is 0 Å². The summed E-state index contributed by atoms with van der Waals surface area (Å²) < 4.78 is 0. The molecule has 0 atom stereocenters. The number of thiol groups is 1. The molecule has 2 rings (SSSR count). The van der Waals surface area contributed by atoms with Crippen LogP contribution in [0.4, 0.5) is 0 Å². The van der Waals surface area contributed by atoms with Gasteiger partial charge in [-0.25, -0.2) is 0 Å². The van der Waals surface area contributed by atoms with E-state index >= 15 is 0 Å². The molecule has 0 saturated carbocycles. The molecule has 0 unspecified atom stereocenters. The number of benzene rings is 2. The summed E-state index contributed by atoms with van der Waals surface area (Å²) in [6, 6.07) is 17.4. The third kappa shape index (κ3) is 4.66. The summed E-state index contributed by atoms with van der Waals surface area (Å²) in [7, 11) is 0. The minimum atomic E-state index is 1.29. The van der Waals surface area contributed by atoms with Crippen LogP contribution < -0.4 is 0 Å². The Balaban J connectivity index is 0.000000686. The van der Waals surface area contributed by atoms with E-state index in [2.05, 4.69) is 62.4 Å². The second kappa shape index (κ2) is 7.18. The van der Waals surface area contributed by atoms with Crippen molar-refractivity contribution in [3.63, 3.8) is 0 Å². The van der Waals surface area contributed by atoms with Crippen molar-refractivity contribution in [3.05, 3.63) is 59.7 Å². The first-order valence-electron chi connectivity index (χ1n) is 6.09. The second-order valence-electron chi connectivity index (χ2n) is 3.79. The number of hydrogen-bond acceptors (Lipinski definition) is 0. The first-order chi connectivity index (χ1) is 8.24. The summed E-state index contributed by atoms with van der Waals surface area (Å²) in [4.78, 5) is 2.71. The predicted octanol–water partition coefficient (Wildman–Crippen LogP) is 4.56. The highest BCUT2D eigenvalue weighted by Crippen LogP contribution is 2.14. The van der Waals surface area contributed by atoms with Gasteiger partial charge in [-0.2, -0.15) is 0 Å². The van der Waals surface area contributed by atoms with E-state index in [0.29, 0.717) is 0 Å². The SMILES string of the molecule is CC.Cc1ccc([SH+]c2cccc(C)c2)cc1. The molecular weight excluding hydrogens is 224 g/mol. The first-order valence-corrected chi connectivity index (χ1v) is 6.98. The van der Waals surface area contributed by atoms with Gasteiger partial charge in [0, 0.05) is 11.8 Å². The minimum Gasteiger partial charge on any atom is -0.0683 e. The molecule has 2 aromatic carbocycles. The molecule has 1 heteroatoms. The predicted molar refractivity (Wildman–Crippen MR) is 79.0 cm³/mol. The van der Waals surface area contributed by atoms with Crippen molar-refractivity contribution in [1.29, 1.82) is 0 Å². The molecule has 0 fully saturated rings. The fraction of sp³-hybridized carbons (Fsp3) is 0.250. The molecule has 0 saturated heterocycles. The lowest BCUT2D eigenvalue weighted by Crippen LogP contribution is -1.85. The molecule has 0 spiro atoms. The van der Waals surface area contributed by atoms with E-state index in [-0.39, 0.29) is 0 Å².